The van der Waals surface area contributed by atoms with Gasteiger partial charge in [-0.15, -0.1) is 10.2 Å². The van der Waals surface area contributed by atoms with Crippen molar-refractivity contribution in [2.45, 2.75) is 18.2 Å². The maximum atomic E-state index is 12.3. The topological polar surface area (TPSA) is 92.3 Å². The Balaban J connectivity index is 2.08. The number of nitrogens with zero attached hydrogens (tertiary/aromatic N) is 3. The molecule has 0 atom stereocenters. The summed E-state index contributed by atoms with van der Waals surface area (Å²) < 4.78 is 26.6. The van der Waals surface area contributed by atoms with Crippen molar-refractivity contribution in [2.75, 3.05) is 28.2 Å². The average molecular weight is 479 g/mol. The zero-order valence-electron chi connectivity index (χ0n) is 14.5. The van der Waals surface area contributed by atoms with E-state index in [2.05, 4.69) is 45.3 Å². The highest BCUT2D eigenvalue weighted by Crippen LogP contribution is 2.29. The van der Waals surface area contributed by atoms with E-state index in [-0.39, 0.29) is 6.54 Å². The van der Waals surface area contributed by atoms with Crippen LogP contribution in [-0.2, 0) is 14.8 Å². The first-order valence-corrected chi connectivity index (χ1v) is 12.1. The second-order valence-electron chi connectivity index (χ2n) is 5.85. The number of benzene rings is 1. The molecule has 0 saturated carbocycles. The Kier molecular flexibility index (Phi) is 7.44. The lowest BCUT2D eigenvalue weighted by molar-refractivity contribution is -0.114. The third-order valence-electron chi connectivity index (χ3n) is 3.00. The molecule has 2 rings (SSSR count). The van der Waals surface area contributed by atoms with Crippen molar-refractivity contribution in [3.8, 4) is 0 Å². The zero-order chi connectivity index (χ0) is 19.3. The molecule has 0 aliphatic rings. The number of halogens is 1. The van der Waals surface area contributed by atoms with Crippen LogP contribution in [0.3, 0.4) is 0 Å². The Bertz CT molecular complexity index is 871. The van der Waals surface area contributed by atoms with Crippen LogP contribution in [0.25, 0.3) is 0 Å². The molecular weight excluding hydrogens is 460 g/mol. The van der Waals surface area contributed by atoms with E-state index in [0.717, 1.165) is 20.7 Å². The number of hydrogen-bond donors (Lipinski definition) is 1. The van der Waals surface area contributed by atoms with E-state index >= 15 is 0 Å². The predicted octanol–water partition coefficient (Wildman–Crippen LogP) is 3.45. The number of thioether (sulfide) groups is 1. The molecule has 0 radical (unpaired) electrons. The van der Waals surface area contributed by atoms with Crippen molar-refractivity contribution in [1.29, 1.82) is 0 Å². The van der Waals surface area contributed by atoms with Crippen molar-refractivity contribution in [3.05, 3.63) is 28.7 Å². The molecule has 0 saturated heterocycles. The normalized spacial score (nSPS) is 11.6. The third kappa shape index (κ3) is 6.22. The number of nitrogens with one attached hydrogen (secondary N) is 1. The second-order valence-corrected chi connectivity index (χ2v) is 10.9. The maximum Gasteiger partial charge on any atom is 0.246 e. The number of carbonyl (C=O) groups is 1. The van der Waals surface area contributed by atoms with Crippen LogP contribution in [0, 0.1) is 5.92 Å². The van der Waals surface area contributed by atoms with E-state index in [1.54, 1.807) is 36.0 Å². The molecule has 1 heterocycles. The van der Waals surface area contributed by atoms with Gasteiger partial charge in [0.15, 0.2) is 4.34 Å². The van der Waals surface area contributed by atoms with Gasteiger partial charge in [-0.25, -0.2) is 8.42 Å². The molecule has 0 spiro atoms. The molecule has 0 fully saturated rings. The monoisotopic (exact) mass is 478 g/mol. The first-order chi connectivity index (χ1) is 12.2. The lowest BCUT2D eigenvalue weighted by atomic mass is 10.3. The fourth-order valence-electron chi connectivity index (χ4n) is 1.88. The van der Waals surface area contributed by atoms with Crippen LogP contribution in [-0.4, -0.2) is 43.1 Å². The number of aromatic nitrogens is 2. The van der Waals surface area contributed by atoms with E-state index in [4.69, 9.17) is 0 Å². The van der Waals surface area contributed by atoms with E-state index < -0.39 is 15.9 Å². The van der Waals surface area contributed by atoms with Crippen molar-refractivity contribution >= 4 is 65.8 Å². The molecule has 26 heavy (non-hydrogen) atoms. The van der Waals surface area contributed by atoms with Crippen molar-refractivity contribution in [2.24, 2.45) is 5.92 Å². The molecule has 1 amide bonds. The highest BCUT2D eigenvalue weighted by Gasteiger charge is 2.23. The Morgan fingerprint density at radius 1 is 1.35 bits per heavy atom. The minimum Gasteiger partial charge on any atom is -0.299 e. The van der Waals surface area contributed by atoms with Gasteiger partial charge in [0.1, 0.15) is 6.54 Å². The summed E-state index contributed by atoms with van der Waals surface area (Å²) in [6, 6.07) is 6.82. The minimum atomic E-state index is -3.64. The van der Waals surface area contributed by atoms with Crippen LogP contribution in [0.5, 0.6) is 0 Å². The first-order valence-electron chi connectivity index (χ1n) is 7.65. The summed E-state index contributed by atoms with van der Waals surface area (Å²) in [5, 5.41) is 10.9. The number of rotatable bonds is 8. The summed E-state index contributed by atoms with van der Waals surface area (Å²) in [6.45, 7) is 3.87. The quantitative estimate of drug-likeness (QED) is 0.461. The highest BCUT2D eigenvalue weighted by atomic mass is 79.9. The molecule has 0 aliphatic carbocycles. The van der Waals surface area contributed by atoms with Gasteiger partial charge in [-0.05, 0) is 34.0 Å². The third-order valence-corrected chi connectivity index (χ3v) is 7.20. The Morgan fingerprint density at radius 2 is 2.04 bits per heavy atom. The lowest BCUT2D eigenvalue weighted by Gasteiger charge is -2.22. The number of sulfonamides is 1. The van der Waals surface area contributed by atoms with E-state index in [1.165, 1.54) is 11.3 Å². The van der Waals surface area contributed by atoms with Crippen LogP contribution >= 0.6 is 39.0 Å². The summed E-state index contributed by atoms with van der Waals surface area (Å²) in [5.74, 6) is 0.948. The Hall–Kier alpha value is -1.17. The number of para-hydroxylation sites is 1. The van der Waals surface area contributed by atoms with Gasteiger partial charge >= 0.3 is 0 Å². The van der Waals surface area contributed by atoms with E-state index in [1.807, 2.05) is 0 Å². The molecule has 1 aromatic heterocycles. The van der Waals surface area contributed by atoms with Gasteiger partial charge in [0.25, 0.3) is 0 Å². The molecular formula is C15H19BrN4O3S3. The lowest BCUT2D eigenvalue weighted by Crippen LogP contribution is -2.37. The largest absolute Gasteiger partial charge is 0.299 e. The number of hydrogen-bond acceptors (Lipinski definition) is 7. The Morgan fingerprint density at radius 3 is 2.65 bits per heavy atom. The highest BCUT2D eigenvalue weighted by molar-refractivity contribution is 9.10. The van der Waals surface area contributed by atoms with Crippen LogP contribution in [0.15, 0.2) is 33.1 Å². The minimum absolute atomic E-state index is 0.349. The maximum absolute atomic E-state index is 12.3. The first kappa shape index (κ1) is 21.1. The second kappa shape index (κ2) is 9.16. The smallest absolute Gasteiger partial charge is 0.246 e. The fraction of sp³-hybridized carbons (Fsp3) is 0.400. The summed E-state index contributed by atoms with van der Waals surface area (Å²) in [6.07, 6.45) is 1.06. The molecule has 2 aromatic rings. The molecule has 142 valence electrons. The SMILES string of the molecule is CC(C)CSc1nnc(NC(=O)CN(c2ccccc2Br)S(C)(=O)=O)s1. The van der Waals surface area contributed by atoms with Gasteiger partial charge in [0.2, 0.25) is 21.1 Å². The van der Waals surface area contributed by atoms with Gasteiger partial charge in [-0.1, -0.05) is 49.1 Å². The Labute approximate surface area is 169 Å². The van der Waals surface area contributed by atoms with E-state index in [0.29, 0.717) is 21.2 Å². The molecule has 1 N–H and O–H groups in total. The zero-order valence-corrected chi connectivity index (χ0v) is 18.5. The summed E-state index contributed by atoms with van der Waals surface area (Å²) >= 11 is 6.16. The van der Waals surface area contributed by atoms with Gasteiger partial charge < -0.3 is 0 Å². The molecule has 1 aromatic carbocycles. The fourth-order valence-corrected chi connectivity index (χ4v) is 5.11. The van der Waals surface area contributed by atoms with Gasteiger partial charge in [0, 0.05) is 10.2 Å². The van der Waals surface area contributed by atoms with Crippen LogP contribution in [0.2, 0.25) is 0 Å². The summed E-state index contributed by atoms with van der Waals surface area (Å²) in [7, 11) is -3.64. The van der Waals surface area contributed by atoms with Crippen molar-refractivity contribution < 1.29 is 13.2 Å². The standard InChI is InChI=1S/C15H19BrN4O3S3/c1-10(2)9-24-15-19-18-14(25-15)17-13(21)8-20(26(3,22)23)12-7-5-4-6-11(12)16/h4-7,10H,8-9H2,1-3H3,(H,17,18,21). The summed E-state index contributed by atoms with van der Waals surface area (Å²) in [5.41, 5.74) is 0.399. The number of anilines is 2. The number of amides is 1. The molecule has 0 bridgehead atoms. The van der Waals surface area contributed by atoms with Crippen LogP contribution < -0.4 is 9.62 Å². The molecule has 7 nitrogen and oxygen atoms in total. The van der Waals surface area contributed by atoms with Crippen molar-refractivity contribution in [3.63, 3.8) is 0 Å². The average Bonchev–Trinajstić information content (AvgIpc) is 2.98. The molecule has 11 heteroatoms. The predicted molar refractivity (Wildman–Crippen MR) is 110 cm³/mol. The van der Waals surface area contributed by atoms with Gasteiger partial charge in [0.05, 0.1) is 11.9 Å². The van der Waals surface area contributed by atoms with Crippen LogP contribution in [0.1, 0.15) is 13.8 Å². The van der Waals surface area contributed by atoms with Gasteiger partial charge in [-0.3, -0.25) is 14.4 Å². The number of carbonyl (C=O) groups excluding carboxylic acids is 1. The van der Waals surface area contributed by atoms with Crippen LogP contribution in [0.4, 0.5) is 10.8 Å². The summed E-state index contributed by atoms with van der Waals surface area (Å²) in [4.78, 5) is 12.3. The van der Waals surface area contributed by atoms with E-state index in [9.17, 15) is 13.2 Å². The van der Waals surface area contributed by atoms with Gasteiger partial charge in [-0.2, -0.15) is 0 Å². The van der Waals surface area contributed by atoms with Crippen molar-refractivity contribution in [1.82, 2.24) is 10.2 Å². The molecule has 0 aliphatic heterocycles. The molecule has 0 unspecified atom stereocenters.